The first-order valence-corrected chi connectivity index (χ1v) is 3.90. The Hall–Kier alpha value is 1.33. The van der Waals surface area contributed by atoms with Gasteiger partial charge < -0.3 is 20.0 Å². The van der Waals surface area contributed by atoms with Crippen molar-refractivity contribution < 1.29 is 24.6 Å². The average molecular weight is 198 g/mol. The van der Waals surface area contributed by atoms with E-state index in [9.17, 15) is 4.57 Å². The Balaban J connectivity index is 0. The summed E-state index contributed by atoms with van der Waals surface area (Å²) in [5, 5.41) is 0. The molecule has 5 nitrogen and oxygen atoms in total. The molecule has 1 saturated heterocycles. The number of epoxide rings is 1. The third-order valence-corrected chi connectivity index (χ3v) is 2.22. The second-order valence-corrected chi connectivity index (χ2v) is 3.51. The Morgan fingerprint density at radius 1 is 1.50 bits per heavy atom. The van der Waals surface area contributed by atoms with Crippen LogP contribution in [0.2, 0.25) is 0 Å². The summed E-state index contributed by atoms with van der Waals surface area (Å²) in [6, 6.07) is 0. The zero-order valence-corrected chi connectivity index (χ0v) is 5.71. The Bertz CT molecular complexity index is 144. The van der Waals surface area contributed by atoms with Gasteiger partial charge in [0, 0.05) is 0 Å². The van der Waals surface area contributed by atoms with E-state index in [4.69, 9.17) is 9.79 Å². The monoisotopic (exact) mass is 198 g/mol. The molecule has 1 heterocycles. The van der Waals surface area contributed by atoms with E-state index < -0.39 is 13.4 Å². The van der Waals surface area contributed by atoms with E-state index in [2.05, 4.69) is 4.74 Å². The Morgan fingerprint density at radius 2 is 1.80 bits per heavy atom. The molecule has 0 bridgehead atoms. The molecule has 0 aromatic rings. The fourth-order valence-corrected chi connectivity index (χ4v) is 1.42. The predicted molar refractivity (Wildman–Crippen MR) is 38.5 cm³/mol. The maximum atomic E-state index is 10.2. The number of hydrogen-bond acceptors (Lipinski definition) is 2. The first-order chi connectivity index (χ1) is 3.52. The van der Waals surface area contributed by atoms with E-state index in [1.54, 1.807) is 6.92 Å². The predicted octanol–water partition coefficient (Wildman–Crippen LogP) is -1.83. The van der Waals surface area contributed by atoms with E-state index in [1.165, 1.54) is 0 Å². The van der Waals surface area contributed by atoms with Crippen LogP contribution in [0.5, 0.6) is 0 Å². The fourth-order valence-electron chi connectivity index (χ4n) is 0.527. The van der Waals surface area contributed by atoms with Gasteiger partial charge in [0.2, 0.25) is 0 Å². The second kappa shape index (κ2) is 4.38. The van der Waals surface area contributed by atoms with Gasteiger partial charge in [0.15, 0.2) is 5.85 Å². The van der Waals surface area contributed by atoms with Crippen molar-refractivity contribution in [3.8, 4) is 0 Å². The molecule has 0 aromatic carbocycles. The van der Waals surface area contributed by atoms with Gasteiger partial charge in [-0.2, -0.15) is 0 Å². The molecule has 60 valence electrons. The van der Waals surface area contributed by atoms with E-state index in [0.29, 0.717) is 0 Å². The molecule has 1 rings (SSSR count). The minimum atomic E-state index is -3.90. The number of hydrogen-bond donors (Lipinski definition) is 2. The standard InChI is InChI=1S/C3H7O4P.Ca.H2O.2H/c1-2-3(7-2)8(4,5)6;;;;/h2-3H,1H3,(H2,4,5,6);;1H2;;/t2-,3+;;;;/m0..../s1. The van der Waals surface area contributed by atoms with Gasteiger partial charge in [0.05, 0.1) is 6.10 Å². The van der Waals surface area contributed by atoms with Crippen LogP contribution in [-0.4, -0.2) is 65.0 Å². The van der Waals surface area contributed by atoms with Crippen molar-refractivity contribution >= 4 is 45.3 Å². The van der Waals surface area contributed by atoms with E-state index in [-0.39, 0.29) is 49.3 Å². The summed E-state index contributed by atoms with van der Waals surface area (Å²) in [6.45, 7) is 1.63. The van der Waals surface area contributed by atoms with Crippen LogP contribution in [0.15, 0.2) is 0 Å². The molecule has 0 saturated carbocycles. The first kappa shape index (κ1) is 13.9. The minimum absolute atomic E-state index is 0. The summed E-state index contributed by atoms with van der Waals surface area (Å²) >= 11 is 0. The molecule has 0 amide bonds. The van der Waals surface area contributed by atoms with Crippen molar-refractivity contribution in [1.29, 1.82) is 0 Å². The van der Waals surface area contributed by atoms with Crippen LogP contribution in [0.3, 0.4) is 0 Å². The molecule has 0 spiro atoms. The molecular weight excluding hydrogens is 187 g/mol. The van der Waals surface area contributed by atoms with Crippen LogP contribution in [-0.2, 0) is 9.30 Å². The van der Waals surface area contributed by atoms with Gasteiger partial charge in [-0.3, -0.25) is 4.57 Å². The van der Waals surface area contributed by atoms with Gasteiger partial charge in [0.25, 0.3) is 0 Å². The first-order valence-electron chi connectivity index (χ1n) is 2.22. The molecule has 1 aliphatic heterocycles. The maximum absolute atomic E-state index is 10.2. The molecule has 1 aliphatic rings. The third-order valence-electron chi connectivity index (χ3n) is 1.01. The van der Waals surface area contributed by atoms with Gasteiger partial charge >= 0.3 is 45.3 Å². The summed E-state index contributed by atoms with van der Waals surface area (Å²) in [6.07, 6.45) is -0.254. The van der Waals surface area contributed by atoms with Crippen molar-refractivity contribution in [3.05, 3.63) is 0 Å². The zero-order chi connectivity index (χ0) is 6.36. The molecule has 10 heavy (non-hydrogen) atoms. The van der Waals surface area contributed by atoms with Crippen molar-refractivity contribution in [3.63, 3.8) is 0 Å². The van der Waals surface area contributed by atoms with Crippen molar-refractivity contribution in [1.82, 2.24) is 0 Å². The van der Waals surface area contributed by atoms with Crippen LogP contribution >= 0.6 is 7.60 Å². The second-order valence-electron chi connectivity index (χ2n) is 1.82. The molecular formula is C3H11CaO5P. The van der Waals surface area contributed by atoms with Crippen molar-refractivity contribution in [2.75, 3.05) is 0 Å². The normalized spacial score (nSPS) is 29.9. The Kier molecular flexibility index (Phi) is 6.08. The van der Waals surface area contributed by atoms with Gasteiger partial charge in [-0.05, 0) is 6.92 Å². The third kappa shape index (κ3) is 3.64. The summed E-state index contributed by atoms with van der Waals surface area (Å²) in [5.74, 6) is -0.817. The molecule has 1 fully saturated rings. The zero-order valence-electron chi connectivity index (χ0n) is 4.81. The van der Waals surface area contributed by atoms with E-state index in [0.717, 1.165) is 0 Å². The van der Waals surface area contributed by atoms with Crippen molar-refractivity contribution in [2.45, 2.75) is 18.9 Å². The van der Waals surface area contributed by atoms with Gasteiger partial charge in [-0.15, -0.1) is 0 Å². The number of ether oxygens (including phenoxy) is 1. The number of rotatable bonds is 1. The average Bonchev–Trinajstić information content (AvgIpc) is 2.13. The van der Waals surface area contributed by atoms with Gasteiger partial charge in [-0.25, -0.2) is 0 Å². The summed E-state index contributed by atoms with van der Waals surface area (Å²) in [7, 11) is -3.90. The molecule has 7 heteroatoms. The van der Waals surface area contributed by atoms with E-state index in [1.807, 2.05) is 0 Å². The van der Waals surface area contributed by atoms with Gasteiger partial charge in [-0.1, -0.05) is 0 Å². The quantitative estimate of drug-likeness (QED) is 0.294. The van der Waals surface area contributed by atoms with Crippen LogP contribution in [0.4, 0.5) is 0 Å². The van der Waals surface area contributed by atoms with E-state index >= 15 is 0 Å². The molecule has 0 unspecified atom stereocenters. The van der Waals surface area contributed by atoms with Gasteiger partial charge in [0.1, 0.15) is 0 Å². The summed E-state index contributed by atoms with van der Waals surface area (Å²) in [5.41, 5.74) is 0. The molecule has 2 atom stereocenters. The summed E-state index contributed by atoms with van der Waals surface area (Å²) in [4.78, 5) is 16.6. The molecule has 0 radical (unpaired) electrons. The van der Waals surface area contributed by atoms with Crippen LogP contribution in [0, 0.1) is 0 Å². The molecule has 0 aromatic heterocycles. The van der Waals surface area contributed by atoms with Crippen LogP contribution in [0.1, 0.15) is 6.92 Å². The van der Waals surface area contributed by atoms with Crippen molar-refractivity contribution in [2.24, 2.45) is 0 Å². The fraction of sp³-hybridized carbons (Fsp3) is 1.00. The molecule has 0 aliphatic carbocycles. The summed E-state index contributed by atoms with van der Waals surface area (Å²) < 4.78 is 14.7. The van der Waals surface area contributed by atoms with Crippen LogP contribution in [0.25, 0.3) is 0 Å². The Morgan fingerprint density at radius 3 is 1.80 bits per heavy atom. The Labute approximate surface area is 88.2 Å². The SMILES string of the molecule is C[C@@H]1O[C@@H]1P(=O)(O)O.O.[CaH2]. The molecule has 4 N–H and O–H groups in total. The van der Waals surface area contributed by atoms with Crippen LogP contribution < -0.4 is 0 Å². The topological polar surface area (TPSA) is 102 Å².